The van der Waals surface area contributed by atoms with Crippen LogP contribution in [-0.4, -0.2) is 54.8 Å². The standard InChI is InChI=1S/C23H25FN6O4/c24-16-3-5-17(6-4-16)26-22(33)27-18-11-19-21(32)29(14-25-30(19)12-18)13-23(34)7-9-28(10-8-23)20(31)15-1-2-15/h3-6,11-12,14-15,34H,1-2,7-10,13H2,(H2,26,27,33). The van der Waals surface area contributed by atoms with Crippen LogP contribution >= 0.6 is 0 Å². The van der Waals surface area contributed by atoms with Gasteiger partial charge in [-0.2, -0.15) is 5.10 Å². The second-order valence-electron chi connectivity index (χ2n) is 9.03. The summed E-state index contributed by atoms with van der Waals surface area (Å²) < 4.78 is 15.7. The molecule has 11 heteroatoms. The molecule has 2 aromatic heterocycles. The molecule has 0 atom stereocenters. The van der Waals surface area contributed by atoms with Crippen LogP contribution in [0.15, 0.2) is 47.7 Å². The number of hydrogen-bond acceptors (Lipinski definition) is 5. The number of nitrogens with one attached hydrogen (secondary N) is 2. The number of carbonyl (C=O) groups is 2. The van der Waals surface area contributed by atoms with Gasteiger partial charge in [-0.05, 0) is 56.0 Å². The van der Waals surface area contributed by atoms with E-state index in [0.717, 1.165) is 12.8 Å². The van der Waals surface area contributed by atoms with Crippen molar-refractivity contribution >= 4 is 28.8 Å². The van der Waals surface area contributed by atoms with Crippen molar-refractivity contribution in [2.75, 3.05) is 23.7 Å². The number of nitrogens with zero attached hydrogens (tertiary/aromatic N) is 4. The first-order chi connectivity index (χ1) is 16.3. The minimum absolute atomic E-state index is 0.0692. The van der Waals surface area contributed by atoms with Crippen molar-refractivity contribution in [3.8, 4) is 0 Å². The lowest BCUT2D eigenvalue weighted by Crippen LogP contribution is -2.50. The Morgan fingerprint density at radius 2 is 1.79 bits per heavy atom. The van der Waals surface area contributed by atoms with E-state index in [9.17, 15) is 23.9 Å². The zero-order valence-corrected chi connectivity index (χ0v) is 18.4. The number of halogens is 1. The first-order valence-electron chi connectivity index (χ1n) is 11.2. The molecule has 3 heterocycles. The Bertz CT molecular complexity index is 1290. The third-order valence-corrected chi connectivity index (χ3v) is 6.35. The smallest absolute Gasteiger partial charge is 0.323 e. The molecule has 3 amide bonds. The molecule has 2 fully saturated rings. The highest BCUT2D eigenvalue weighted by molar-refractivity contribution is 6.00. The predicted octanol–water partition coefficient (Wildman–Crippen LogP) is 2.04. The SMILES string of the molecule is O=C(Nc1ccc(F)cc1)Nc1cc2c(=O)n(CC3(O)CCN(C(=O)C4CC4)CC3)cnn2c1. The summed E-state index contributed by atoms with van der Waals surface area (Å²) in [5.41, 5.74) is -0.447. The number of amides is 3. The summed E-state index contributed by atoms with van der Waals surface area (Å²) in [6.07, 6.45) is 5.53. The van der Waals surface area contributed by atoms with E-state index in [2.05, 4.69) is 15.7 Å². The van der Waals surface area contributed by atoms with E-state index in [4.69, 9.17) is 0 Å². The molecule has 5 rings (SSSR count). The normalized spacial score (nSPS) is 17.5. The molecule has 1 saturated heterocycles. The van der Waals surface area contributed by atoms with Gasteiger partial charge in [-0.15, -0.1) is 0 Å². The van der Waals surface area contributed by atoms with Gasteiger partial charge in [0.2, 0.25) is 5.91 Å². The highest BCUT2D eigenvalue weighted by Gasteiger charge is 2.39. The highest BCUT2D eigenvalue weighted by Crippen LogP contribution is 2.33. The van der Waals surface area contributed by atoms with Gasteiger partial charge in [0, 0.05) is 24.7 Å². The molecule has 0 unspecified atom stereocenters. The van der Waals surface area contributed by atoms with Crippen LogP contribution in [0.25, 0.3) is 5.52 Å². The quantitative estimate of drug-likeness (QED) is 0.529. The number of aromatic nitrogens is 3. The maximum atomic E-state index is 13.0. The number of aliphatic hydroxyl groups is 1. The lowest BCUT2D eigenvalue weighted by molar-refractivity contribution is -0.137. The third kappa shape index (κ3) is 4.65. The van der Waals surface area contributed by atoms with Gasteiger partial charge in [-0.3, -0.25) is 14.2 Å². The minimum Gasteiger partial charge on any atom is -0.388 e. The van der Waals surface area contributed by atoms with Crippen molar-refractivity contribution in [3.63, 3.8) is 0 Å². The fourth-order valence-electron chi connectivity index (χ4n) is 4.24. The van der Waals surface area contributed by atoms with E-state index in [-0.39, 0.29) is 29.4 Å². The summed E-state index contributed by atoms with van der Waals surface area (Å²) >= 11 is 0. The molecule has 178 valence electrons. The van der Waals surface area contributed by atoms with Gasteiger partial charge in [0.05, 0.1) is 24.0 Å². The molecule has 1 aliphatic carbocycles. The first kappa shape index (κ1) is 22.1. The van der Waals surface area contributed by atoms with Crippen molar-refractivity contribution in [2.45, 2.75) is 37.8 Å². The van der Waals surface area contributed by atoms with Gasteiger partial charge in [-0.1, -0.05) is 0 Å². The van der Waals surface area contributed by atoms with Crippen LogP contribution in [0, 0.1) is 11.7 Å². The highest BCUT2D eigenvalue weighted by atomic mass is 19.1. The van der Waals surface area contributed by atoms with E-state index >= 15 is 0 Å². The van der Waals surface area contributed by atoms with Crippen LogP contribution in [0.3, 0.4) is 0 Å². The fourth-order valence-corrected chi connectivity index (χ4v) is 4.24. The van der Waals surface area contributed by atoms with E-state index in [1.54, 1.807) is 4.90 Å². The van der Waals surface area contributed by atoms with E-state index in [0.29, 0.717) is 37.3 Å². The Morgan fingerprint density at radius 3 is 2.47 bits per heavy atom. The van der Waals surface area contributed by atoms with E-state index < -0.39 is 17.4 Å². The molecule has 34 heavy (non-hydrogen) atoms. The Morgan fingerprint density at radius 1 is 1.12 bits per heavy atom. The summed E-state index contributed by atoms with van der Waals surface area (Å²) in [7, 11) is 0. The minimum atomic E-state index is -1.10. The number of likely N-dealkylation sites (tertiary alicyclic amines) is 1. The summed E-state index contributed by atoms with van der Waals surface area (Å²) in [6, 6.07) is 6.28. The molecule has 3 aromatic rings. The molecule has 0 radical (unpaired) electrons. The van der Waals surface area contributed by atoms with Gasteiger partial charge in [0.15, 0.2) is 0 Å². The van der Waals surface area contributed by atoms with Gasteiger partial charge >= 0.3 is 6.03 Å². The van der Waals surface area contributed by atoms with Crippen molar-refractivity contribution < 1.29 is 19.1 Å². The molecular formula is C23H25FN6O4. The largest absolute Gasteiger partial charge is 0.388 e. The van der Waals surface area contributed by atoms with Crippen LogP contribution in [0.5, 0.6) is 0 Å². The summed E-state index contributed by atoms with van der Waals surface area (Å²) in [5.74, 6) is -0.0942. The number of urea groups is 1. The van der Waals surface area contributed by atoms with Crippen molar-refractivity contribution in [3.05, 3.63) is 59.0 Å². The average Bonchev–Trinajstić information content (AvgIpc) is 3.58. The van der Waals surface area contributed by atoms with Crippen LogP contribution < -0.4 is 16.2 Å². The summed E-state index contributed by atoms with van der Waals surface area (Å²) in [5, 5.41) is 20.5. The average molecular weight is 468 g/mol. The Kier molecular flexibility index (Phi) is 5.56. The number of piperidine rings is 1. The number of rotatable bonds is 5. The first-order valence-corrected chi connectivity index (χ1v) is 11.2. The monoisotopic (exact) mass is 468 g/mol. The summed E-state index contributed by atoms with van der Waals surface area (Å²) in [4.78, 5) is 39.3. The molecule has 2 aliphatic rings. The van der Waals surface area contributed by atoms with Gasteiger partial charge in [0.1, 0.15) is 17.7 Å². The van der Waals surface area contributed by atoms with Crippen LogP contribution in [-0.2, 0) is 11.3 Å². The second-order valence-corrected chi connectivity index (χ2v) is 9.03. The zero-order chi connectivity index (χ0) is 23.9. The predicted molar refractivity (Wildman–Crippen MR) is 122 cm³/mol. The second kappa shape index (κ2) is 8.56. The van der Waals surface area contributed by atoms with Crippen molar-refractivity contribution in [1.82, 2.24) is 19.1 Å². The van der Waals surface area contributed by atoms with E-state index in [1.165, 1.54) is 51.9 Å². The van der Waals surface area contributed by atoms with E-state index in [1.807, 2.05) is 0 Å². The van der Waals surface area contributed by atoms with Gasteiger partial charge in [-0.25, -0.2) is 13.7 Å². The molecule has 1 aliphatic heterocycles. The molecular weight excluding hydrogens is 443 g/mol. The molecule has 0 bridgehead atoms. The molecule has 3 N–H and O–H groups in total. The summed E-state index contributed by atoms with van der Waals surface area (Å²) in [6.45, 7) is 1.01. The van der Waals surface area contributed by atoms with Crippen LogP contribution in [0.1, 0.15) is 25.7 Å². The number of hydrogen-bond donors (Lipinski definition) is 3. The lowest BCUT2D eigenvalue weighted by Gasteiger charge is -2.38. The fraction of sp³-hybridized carbons (Fsp3) is 0.391. The van der Waals surface area contributed by atoms with Crippen molar-refractivity contribution in [1.29, 1.82) is 0 Å². The number of anilines is 2. The molecule has 1 saturated carbocycles. The van der Waals surface area contributed by atoms with Crippen molar-refractivity contribution in [2.24, 2.45) is 5.92 Å². The Labute approximate surface area is 194 Å². The maximum absolute atomic E-state index is 13.0. The Hall–Kier alpha value is -3.73. The third-order valence-electron chi connectivity index (χ3n) is 6.35. The lowest BCUT2D eigenvalue weighted by atomic mass is 9.91. The molecule has 10 nitrogen and oxygen atoms in total. The van der Waals surface area contributed by atoms with Crippen LogP contribution in [0.2, 0.25) is 0 Å². The number of fused-ring (bicyclic) bond motifs is 1. The topological polar surface area (TPSA) is 121 Å². The molecule has 0 spiro atoms. The maximum Gasteiger partial charge on any atom is 0.323 e. The zero-order valence-electron chi connectivity index (χ0n) is 18.4. The Balaban J connectivity index is 1.25. The number of benzene rings is 1. The number of carbonyl (C=O) groups excluding carboxylic acids is 2. The van der Waals surface area contributed by atoms with Gasteiger partial charge < -0.3 is 20.6 Å². The van der Waals surface area contributed by atoms with Gasteiger partial charge in [0.25, 0.3) is 5.56 Å². The van der Waals surface area contributed by atoms with Crippen LogP contribution in [0.4, 0.5) is 20.6 Å². The molecule has 1 aromatic carbocycles.